The number of allylic oxidation sites excluding steroid dienone is 2. The Labute approximate surface area is 137 Å². The largest absolute Gasteiger partial charge is 2.00 e. The van der Waals surface area contributed by atoms with E-state index >= 15 is 0 Å². The Balaban J connectivity index is -0.000000295. The monoisotopic (exact) mass is 341 g/mol. The fourth-order valence-corrected chi connectivity index (χ4v) is 1.36. The molecule has 0 aromatic heterocycles. The number of carbonyl (C=O) groups is 4. The molecule has 0 saturated heterocycles. The van der Waals surface area contributed by atoms with E-state index < -0.39 is 0 Å². The molecule has 0 aliphatic rings. The Morgan fingerprint density at radius 1 is 0.714 bits per heavy atom. The van der Waals surface area contributed by atoms with Crippen LogP contribution < -0.4 is 0 Å². The molecule has 0 bridgehead atoms. The van der Waals surface area contributed by atoms with Crippen molar-refractivity contribution >= 4 is 23.1 Å². The molecule has 0 fully saturated rings. The first-order chi connectivity index (χ1) is 9.18. The molecule has 0 aliphatic heterocycles. The van der Waals surface area contributed by atoms with Gasteiger partial charge in [-0.1, -0.05) is 0 Å². The third kappa shape index (κ3) is 11.9. The van der Waals surface area contributed by atoms with Crippen molar-refractivity contribution < 1.29 is 36.2 Å². The minimum Gasteiger partial charge on any atom is -0.334 e. The molecule has 4 nitrogen and oxygen atoms in total. The molecule has 21 heavy (non-hydrogen) atoms. The second-order valence-corrected chi connectivity index (χ2v) is 4.17. The Bertz CT molecular complexity index is 333. The molecular formula is C16H22CuO4. The number of hydrogen-bond acceptors (Lipinski definition) is 4. The van der Waals surface area contributed by atoms with Crippen molar-refractivity contribution in [1.29, 1.82) is 0 Å². The quantitative estimate of drug-likeness (QED) is 0.294. The summed E-state index contributed by atoms with van der Waals surface area (Å²) >= 11 is 0. The summed E-state index contributed by atoms with van der Waals surface area (Å²) in [7, 11) is 0. The molecule has 0 aromatic rings. The van der Waals surface area contributed by atoms with E-state index in [0.29, 0.717) is 24.7 Å². The Morgan fingerprint density at radius 2 is 0.905 bits per heavy atom. The van der Waals surface area contributed by atoms with Crippen LogP contribution >= 0.6 is 0 Å². The SMILES string of the molecule is C=CC[C-](C(C)=O)C(C)=O.C=CC[C-](C(C)=O)C(C)=O.[Cu+2]. The van der Waals surface area contributed by atoms with Crippen LogP contribution in [0.4, 0.5) is 0 Å². The molecule has 0 aromatic carbocycles. The van der Waals surface area contributed by atoms with E-state index in [2.05, 4.69) is 13.2 Å². The van der Waals surface area contributed by atoms with Gasteiger partial charge in [0.25, 0.3) is 0 Å². The van der Waals surface area contributed by atoms with Crippen LogP contribution in [0.2, 0.25) is 0 Å². The van der Waals surface area contributed by atoms with Crippen molar-refractivity contribution in [3.05, 3.63) is 37.1 Å². The number of ketones is 4. The Hall–Kier alpha value is -1.58. The molecule has 0 amide bonds. The average Bonchev–Trinajstić information content (AvgIpc) is 2.32. The van der Waals surface area contributed by atoms with Gasteiger partial charge in [-0.25, -0.2) is 11.8 Å². The van der Waals surface area contributed by atoms with Crippen molar-refractivity contribution in [2.45, 2.75) is 40.5 Å². The summed E-state index contributed by atoms with van der Waals surface area (Å²) in [6.07, 6.45) is 3.87. The maximum Gasteiger partial charge on any atom is 2.00 e. The van der Waals surface area contributed by atoms with Gasteiger partial charge in [-0.2, -0.15) is 0 Å². The summed E-state index contributed by atoms with van der Waals surface area (Å²) in [6, 6.07) is 0. The molecular weight excluding hydrogens is 320 g/mol. The maximum atomic E-state index is 10.7. The zero-order chi connectivity index (χ0) is 16.3. The molecule has 0 unspecified atom stereocenters. The van der Waals surface area contributed by atoms with Crippen molar-refractivity contribution in [1.82, 2.24) is 0 Å². The van der Waals surface area contributed by atoms with Crippen LogP contribution in [0, 0.1) is 11.8 Å². The van der Waals surface area contributed by atoms with Crippen LogP contribution in [-0.2, 0) is 36.2 Å². The van der Waals surface area contributed by atoms with Crippen molar-refractivity contribution in [2.75, 3.05) is 0 Å². The van der Waals surface area contributed by atoms with Crippen LogP contribution in [0.25, 0.3) is 0 Å². The average molecular weight is 342 g/mol. The first-order valence-electron chi connectivity index (χ1n) is 6.16. The zero-order valence-electron chi connectivity index (χ0n) is 12.9. The van der Waals surface area contributed by atoms with Crippen LogP contribution in [0.5, 0.6) is 0 Å². The van der Waals surface area contributed by atoms with Gasteiger partial charge in [0.15, 0.2) is 0 Å². The predicted octanol–water partition coefficient (Wildman–Crippen LogP) is 2.63. The Kier molecular flexibility index (Phi) is 15.6. The molecule has 1 radical (unpaired) electrons. The van der Waals surface area contributed by atoms with E-state index in [4.69, 9.17) is 0 Å². The molecule has 0 rings (SSSR count). The molecule has 5 heteroatoms. The van der Waals surface area contributed by atoms with E-state index in [-0.39, 0.29) is 40.2 Å². The van der Waals surface area contributed by atoms with Gasteiger partial charge in [-0.05, 0) is 27.7 Å². The smallest absolute Gasteiger partial charge is 0.334 e. The summed E-state index contributed by atoms with van der Waals surface area (Å²) < 4.78 is 0. The fraction of sp³-hybridized carbons (Fsp3) is 0.375. The molecule has 0 aliphatic carbocycles. The minimum absolute atomic E-state index is 0. The van der Waals surface area contributed by atoms with E-state index in [1.165, 1.54) is 27.7 Å². The van der Waals surface area contributed by atoms with Gasteiger partial charge >= 0.3 is 17.1 Å². The van der Waals surface area contributed by atoms with Gasteiger partial charge in [0.05, 0.1) is 0 Å². The summed E-state index contributed by atoms with van der Waals surface area (Å²) in [4.78, 5) is 42.7. The van der Waals surface area contributed by atoms with Crippen molar-refractivity contribution in [3.8, 4) is 0 Å². The van der Waals surface area contributed by atoms with Gasteiger partial charge in [0, 0.05) is 23.1 Å². The topological polar surface area (TPSA) is 68.3 Å². The van der Waals surface area contributed by atoms with E-state index in [1.807, 2.05) is 0 Å². The van der Waals surface area contributed by atoms with Crippen LogP contribution in [0.1, 0.15) is 40.5 Å². The minimum atomic E-state index is -0.160. The first-order valence-corrected chi connectivity index (χ1v) is 6.16. The van der Waals surface area contributed by atoms with Gasteiger partial charge in [0.2, 0.25) is 0 Å². The normalized spacial score (nSPS) is 8.19. The van der Waals surface area contributed by atoms with Crippen LogP contribution in [0.15, 0.2) is 25.3 Å². The standard InChI is InChI=1S/2C8H11O2.Cu/c2*1-4-5-8(6(2)9)7(3)10;/h2*4H,1,5H2,2-3H3;/q2*-1;+2. The predicted molar refractivity (Wildman–Crippen MR) is 78.8 cm³/mol. The Morgan fingerprint density at radius 3 is 0.952 bits per heavy atom. The molecule has 0 N–H and O–H groups in total. The molecule has 0 heterocycles. The number of Topliss-reactive ketones (excluding diaryl/α,β-unsaturated/α-hetero) is 4. The van der Waals surface area contributed by atoms with Gasteiger partial charge in [-0.3, -0.25) is 0 Å². The van der Waals surface area contributed by atoms with E-state index in [1.54, 1.807) is 12.2 Å². The first kappa shape index (κ1) is 24.4. The fourth-order valence-electron chi connectivity index (χ4n) is 1.36. The molecule has 0 saturated carbocycles. The van der Waals surface area contributed by atoms with Crippen LogP contribution in [0.3, 0.4) is 0 Å². The second kappa shape index (κ2) is 13.4. The maximum absolute atomic E-state index is 10.7. The van der Waals surface area contributed by atoms with Crippen molar-refractivity contribution in [3.63, 3.8) is 0 Å². The van der Waals surface area contributed by atoms with Gasteiger partial charge in [0.1, 0.15) is 0 Å². The van der Waals surface area contributed by atoms with E-state index in [9.17, 15) is 19.2 Å². The third-order valence-electron chi connectivity index (χ3n) is 2.40. The molecule has 121 valence electrons. The summed E-state index contributed by atoms with van der Waals surface area (Å²) in [5.41, 5.74) is 0. The number of hydrogen-bond donors (Lipinski definition) is 0. The van der Waals surface area contributed by atoms with Crippen molar-refractivity contribution in [2.24, 2.45) is 0 Å². The summed E-state index contributed by atoms with van der Waals surface area (Å²) in [5.74, 6) is 0.0181. The summed E-state index contributed by atoms with van der Waals surface area (Å²) in [6.45, 7) is 12.4. The molecule has 0 atom stereocenters. The summed E-state index contributed by atoms with van der Waals surface area (Å²) in [5, 5.41) is 0. The number of rotatable bonds is 8. The zero-order valence-corrected chi connectivity index (χ0v) is 13.9. The van der Waals surface area contributed by atoms with Gasteiger partial charge in [-0.15, -0.1) is 38.2 Å². The van der Waals surface area contributed by atoms with Crippen LogP contribution in [-0.4, -0.2) is 23.1 Å². The third-order valence-corrected chi connectivity index (χ3v) is 2.40. The second-order valence-electron chi connectivity index (χ2n) is 4.17. The van der Waals surface area contributed by atoms with E-state index in [0.717, 1.165) is 0 Å². The molecule has 0 spiro atoms. The number of carbonyl (C=O) groups excluding carboxylic acids is 4. The van der Waals surface area contributed by atoms with Gasteiger partial charge < -0.3 is 19.2 Å².